The zero-order valence-corrected chi connectivity index (χ0v) is 14.4. The average Bonchev–Trinajstić information content (AvgIpc) is 2.53. The second-order valence-corrected chi connectivity index (χ2v) is 6.38. The molecule has 0 aliphatic carbocycles. The molecule has 2 aromatic carbocycles. The summed E-state index contributed by atoms with van der Waals surface area (Å²) < 4.78 is 6.52. The fraction of sp³-hybridized carbons (Fsp3) is 0.167. The largest absolute Gasteiger partial charge is 0.423 e. The van der Waals surface area contributed by atoms with Crippen LogP contribution in [-0.4, -0.2) is 0 Å². The van der Waals surface area contributed by atoms with Gasteiger partial charge in [-0.25, -0.2) is 4.79 Å². The molecule has 1 heterocycles. The van der Waals surface area contributed by atoms with Crippen LogP contribution < -0.4 is 10.9 Å². The number of nitrogens with one attached hydrogen (secondary N) is 1. The fourth-order valence-corrected chi connectivity index (χ4v) is 2.77. The molecular formula is C18H16INO2. The number of aryl methyl sites for hydroxylation is 1. The van der Waals surface area contributed by atoms with Gasteiger partial charge in [-0.1, -0.05) is 19.1 Å². The third-order valence-corrected chi connectivity index (χ3v) is 4.35. The van der Waals surface area contributed by atoms with Gasteiger partial charge >= 0.3 is 5.63 Å². The highest BCUT2D eigenvalue weighted by atomic mass is 127. The fourth-order valence-electron chi connectivity index (χ4n) is 2.41. The Morgan fingerprint density at radius 2 is 1.86 bits per heavy atom. The number of hydrogen-bond donors (Lipinski definition) is 1. The van der Waals surface area contributed by atoms with Gasteiger partial charge in [0.15, 0.2) is 0 Å². The van der Waals surface area contributed by atoms with Gasteiger partial charge in [-0.3, -0.25) is 0 Å². The lowest BCUT2D eigenvalue weighted by Crippen LogP contribution is -2.06. The third-order valence-electron chi connectivity index (χ3n) is 3.63. The predicted molar refractivity (Wildman–Crippen MR) is 98.3 cm³/mol. The minimum atomic E-state index is -0.305. The van der Waals surface area contributed by atoms with Gasteiger partial charge in [-0.15, -0.1) is 0 Å². The van der Waals surface area contributed by atoms with E-state index in [-0.39, 0.29) is 5.63 Å². The Morgan fingerprint density at radius 3 is 2.59 bits per heavy atom. The summed E-state index contributed by atoms with van der Waals surface area (Å²) in [5.41, 5.74) is 3.50. The van der Waals surface area contributed by atoms with Crippen LogP contribution in [0.2, 0.25) is 0 Å². The van der Waals surface area contributed by atoms with Crippen LogP contribution in [-0.2, 0) is 13.0 Å². The predicted octanol–water partition coefficient (Wildman–Crippen LogP) is 4.57. The van der Waals surface area contributed by atoms with Gasteiger partial charge in [-0.2, -0.15) is 0 Å². The van der Waals surface area contributed by atoms with Gasteiger partial charge in [0.1, 0.15) is 5.58 Å². The van der Waals surface area contributed by atoms with Crippen molar-refractivity contribution in [3.05, 3.63) is 73.6 Å². The van der Waals surface area contributed by atoms with Crippen molar-refractivity contribution in [1.82, 2.24) is 0 Å². The van der Waals surface area contributed by atoms with Crippen molar-refractivity contribution in [1.29, 1.82) is 0 Å². The second-order valence-electron chi connectivity index (χ2n) is 5.14. The maximum Gasteiger partial charge on any atom is 0.336 e. The van der Waals surface area contributed by atoms with E-state index in [2.05, 4.69) is 40.9 Å². The van der Waals surface area contributed by atoms with Crippen LogP contribution in [0.1, 0.15) is 18.1 Å². The maximum absolute atomic E-state index is 11.8. The van der Waals surface area contributed by atoms with Crippen molar-refractivity contribution in [3.63, 3.8) is 0 Å². The highest BCUT2D eigenvalue weighted by molar-refractivity contribution is 14.1. The van der Waals surface area contributed by atoms with E-state index in [9.17, 15) is 4.79 Å². The number of rotatable bonds is 4. The quantitative estimate of drug-likeness (QED) is 0.511. The van der Waals surface area contributed by atoms with Crippen molar-refractivity contribution in [3.8, 4) is 0 Å². The molecule has 3 nitrogen and oxygen atoms in total. The lowest BCUT2D eigenvalue weighted by atomic mass is 10.1. The van der Waals surface area contributed by atoms with Crippen molar-refractivity contribution < 1.29 is 4.42 Å². The molecule has 3 rings (SSSR count). The number of anilines is 1. The summed E-state index contributed by atoms with van der Waals surface area (Å²) in [5, 5.41) is 4.33. The first-order chi connectivity index (χ1) is 10.7. The summed E-state index contributed by atoms with van der Waals surface area (Å²) in [7, 11) is 0. The summed E-state index contributed by atoms with van der Waals surface area (Å²) in [4.78, 5) is 11.8. The van der Waals surface area contributed by atoms with E-state index in [1.54, 1.807) is 6.07 Å². The van der Waals surface area contributed by atoms with Crippen LogP contribution in [0.15, 0.2) is 57.7 Å². The minimum absolute atomic E-state index is 0.305. The Bertz CT molecular complexity index is 853. The molecule has 0 fully saturated rings. The number of halogens is 1. The summed E-state index contributed by atoms with van der Waals surface area (Å²) in [5.74, 6) is 0. The molecule has 0 saturated heterocycles. The average molecular weight is 405 g/mol. The van der Waals surface area contributed by atoms with Crippen LogP contribution >= 0.6 is 22.6 Å². The van der Waals surface area contributed by atoms with E-state index < -0.39 is 0 Å². The highest BCUT2D eigenvalue weighted by Gasteiger charge is 2.06. The number of benzene rings is 2. The van der Waals surface area contributed by atoms with Crippen molar-refractivity contribution in [2.45, 2.75) is 19.9 Å². The van der Waals surface area contributed by atoms with Crippen LogP contribution in [0.4, 0.5) is 5.69 Å². The van der Waals surface area contributed by atoms with Crippen LogP contribution in [0, 0.1) is 3.57 Å². The first kappa shape index (κ1) is 15.1. The zero-order valence-electron chi connectivity index (χ0n) is 12.2. The normalized spacial score (nSPS) is 10.8. The summed E-state index contributed by atoms with van der Waals surface area (Å²) in [6.45, 7) is 2.68. The molecule has 0 amide bonds. The smallest absolute Gasteiger partial charge is 0.336 e. The van der Waals surface area contributed by atoms with Crippen molar-refractivity contribution in [2.75, 3.05) is 5.32 Å². The second kappa shape index (κ2) is 6.52. The molecule has 112 valence electrons. The van der Waals surface area contributed by atoms with Crippen molar-refractivity contribution >= 4 is 39.2 Å². The Kier molecular flexibility index (Phi) is 4.47. The van der Waals surface area contributed by atoms with Gasteiger partial charge in [0, 0.05) is 27.3 Å². The van der Waals surface area contributed by atoms with Crippen LogP contribution in [0.5, 0.6) is 0 Å². The Balaban J connectivity index is 1.92. The molecule has 0 aliphatic rings. The highest BCUT2D eigenvalue weighted by Crippen LogP contribution is 2.20. The van der Waals surface area contributed by atoms with E-state index >= 15 is 0 Å². The summed E-state index contributed by atoms with van der Waals surface area (Å²) in [6.07, 6.45) is 0.921. The molecule has 0 bridgehead atoms. The molecule has 1 aromatic heterocycles. The van der Waals surface area contributed by atoms with Crippen LogP contribution in [0.25, 0.3) is 11.0 Å². The van der Waals surface area contributed by atoms with E-state index in [0.717, 1.165) is 23.1 Å². The topological polar surface area (TPSA) is 42.2 Å². The summed E-state index contributed by atoms with van der Waals surface area (Å²) >= 11 is 2.28. The first-order valence-electron chi connectivity index (χ1n) is 7.21. The SMILES string of the molecule is CCc1ccc2c(CNc3ccc(I)cc3)cc(=O)oc2c1. The Labute approximate surface area is 142 Å². The molecule has 0 saturated carbocycles. The molecular weight excluding hydrogens is 389 g/mol. The van der Waals surface area contributed by atoms with E-state index in [0.29, 0.717) is 12.1 Å². The molecule has 3 aromatic rings. The van der Waals surface area contributed by atoms with Gasteiger partial charge in [0.2, 0.25) is 0 Å². The zero-order chi connectivity index (χ0) is 15.5. The molecule has 0 aliphatic heterocycles. The molecule has 4 heteroatoms. The third kappa shape index (κ3) is 3.32. The van der Waals surface area contributed by atoms with Crippen molar-refractivity contribution in [2.24, 2.45) is 0 Å². The van der Waals surface area contributed by atoms with Gasteiger partial charge in [0.05, 0.1) is 0 Å². The lowest BCUT2D eigenvalue weighted by molar-refractivity contribution is 0.559. The van der Waals surface area contributed by atoms with E-state index in [1.165, 1.54) is 9.13 Å². The van der Waals surface area contributed by atoms with Crippen LogP contribution in [0.3, 0.4) is 0 Å². The molecule has 0 unspecified atom stereocenters. The first-order valence-corrected chi connectivity index (χ1v) is 8.28. The maximum atomic E-state index is 11.8. The molecule has 22 heavy (non-hydrogen) atoms. The molecule has 1 N–H and O–H groups in total. The Hall–Kier alpha value is -1.82. The molecule has 0 radical (unpaired) electrons. The Morgan fingerprint density at radius 1 is 1.09 bits per heavy atom. The standard InChI is InChI=1S/C18H16INO2/c1-2-12-3-8-16-13(10-18(21)22-17(16)9-12)11-20-15-6-4-14(19)5-7-15/h3-10,20H,2,11H2,1H3. The summed E-state index contributed by atoms with van der Waals surface area (Å²) in [6, 6.07) is 15.8. The van der Waals surface area contributed by atoms with Gasteiger partial charge in [0.25, 0.3) is 0 Å². The van der Waals surface area contributed by atoms with Gasteiger partial charge in [-0.05, 0) is 70.5 Å². The molecule has 0 spiro atoms. The minimum Gasteiger partial charge on any atom is -0.423 e. The monoisotopic (exact) mass is 405 g/mol. The number of fused-ring (bicyclic) bond motifs is 1. The van der Waals surface area contributed by atoms with E-state index in [1.807, 2.05) is 36.4 Å². The number of hydrogen-bond acceptors (Lipinski definition) is 3. The van der Waals surface area contributed by atoms with Gasteiger partial charge < -0.3 is 9.73 Å². The molecule has 0 atom stereocenters. The van der Waals surface area contributed by atoms with E-state index in [4.69, 9.17) is 4.42 Å². The lowest BCUT2D eigenvalue weighted by Gasteiger charge is -2.09.